The number of hydrogen-bond acceptors (Lipinski definition) is 6. The van der Waals surface area contributed by atoms with Crippen LogP contribution >= 0.6 is 34.3 Å². The molecule has 6 nitrogen and oxygen atoms in total. The first-order valence-corrected chi connectivity index (χ1v) is 11.3. The summed E-state index contributed by atoms with van der Waals surface area (Å²) in [6, 6.07) is 18.8. The predicted molar refractivity (Wildman–Crippen MR) is 127 cm³/mol. The van der Waals surface area contributed by atoms with Crippen molar-refractivity contribution < 1.29 is 0 Å². The third-order valence-corrected chi connectivity index (χ3v) is 6.90. The van der Waals surface area contributed by atoms with Gasteiger partial charge in [-0.25, -0.2) is 4.98 Å². The number of aromatic nitrogens is 3. The third-order valence-electron chi connectivity index (χ3n) is 4.66. The lowest BCUT2D eigenvalue weighted by Gasteiger charge is -2.02. The molecule has 0 unspecified atom stereocenters. The first-order chi connectivity index (χ1) is 15.1. The van der Waals surface area contributed by atoms with Gasteiger partial charge in [0.15, 0.2) is 0 Å². The van der Waals surface area contributed by atoms with E-state index in [2.05, 4.69) is 10.1 Å². The maximum absolute atomic E-state index is 13.1. The molecule has 152 valence electrons. The second kappa shape index (κ2) is 8.07. The van der Waals surface area contributed by atoms with Crippen molar-refractivity contribution in [1.82, 2.24) is 14.2 Å². The Morgan fingerprint density at radius 1 is 1.00 bits per heavy atom. The molecular weight excluding hydrogens is 452 g/mol. The van der Waals surface area contributed by atoms with Gasteiger partial charge in [0.1, 0.15) is 16.3 Å². The molecule has 0 radical (unpaired) electrons. The largest absolute Gasteiger partial charge is 0.313 e. The molecule has 0 fully saturated rings. The number of para-hydroxylation sites is 1. The normalized spacial score (nSPS) is 11.5. The molecule has 9 heteroatoms. The van der Waals surface area contributed by atoms with Crippen LogP contribution in [-0.4, -0.2) is 20.4 Å². The van der Waals surface area contributed by atoms with Gasteiger partial charge >= 0.3 is 4.87 Å². The number of nitrogens with zero attached hydrogens (tertiary/aromatic N) is 4. The summed E-state index contributed by atoms with van der Waals surface area (Å²) in [4.78, 5) is 30.8. The van der Waals surface area contributed by atoms with E-state index in [4.69, 9.17) is 11.6 Å². The lowest BCUT2D eigenvalue weighted by molar-refractivity contribution is 0.819. The zero-order valence-corrected chi connectivity index (χ0v) is 18.2. The average molecular weight is 465 g/mol. The van der Waals surface area contributed by atoms with E-state index in [1.807, 2.05) is 53.9 Å². The fraction of sp³-hybridized carbons (Fsp3) is 0. The van der Waals surface area contributed by atoms with Crippen molar-refractivity contribution in [2.24, 2.45) is 5.10 Å². The molecule has 0 amide bonds. The summed E-state index contributed by atoms with van der Waals surface area (Å²) in [5.74, 6) is 0. The van der Waals surface area contributed by atoms with Crippen LogP contribution in [0.25, 0.3) is 27.0 Å². The fourth-order valence-corrected chi connectivity index (χ4v) is 5.25. The van der Waals surface area contributed by atoms with Gasteiger partial charge in [0.05, 0.1) is 22.2 Å². The number of benzene rings is 2. The molecule has 0 aliphatic carbocycles. The monoisotopic (exact) mass is 464 g/mol. The quantitative estimate of drug-likeness (QED) is 0.356. The molecule has 0 atom stereocenters. The first kappa shape index (κ1) is 19.6. The maximum Gasteiger partial charge on any atom is 0.313 e. The molecule has 5 aromatic rings. The average Bonchev–Trinajstić information content (AvgIpc) is 3.35. The van der Waals surface area contributed by atoms with Gasteiger partial charge in [-0.3, -0.25) is 14.2 Å². The molecule has 3 heterocycles. The van der Waals surface area contributed by atoms with Crippen LogP contribution in [0.15, 0.2) is 87.1 Å². The van der Waals surface area contributed by atoms with Crippen LogP contribution in [0.3, 0.4) is 0 Å². The summed E-state index contributed by atoms with van der Waals surface area (Å²) in [5.41, 5.74) is 2.14. The molecule has 31 heavy (non-hydrogen) atoms. The number of thiophene rings is 1. The van der Waals surface area contributed by atoms with E-state index in [1.54, 1.807) is 12.1 Å². The number of rotatable bonds is 4. The van der Waals surface area contributed by atoms with E-state index in [-0.39, 0.29) is 15.6 Å². The Morgan fingerprint density at radius 2 is 1.71 bits per heavy atom. The highest BCUT2D eigenvalue weighted by Crippen LogP contribution is 2.30. The minimum atomic E-state index is -0.285. The van der Waals surface area contributed by atoms with Gasteiger partial charge in [-0.2, -0.15) is 9.78 Å². The smallest absolute Gasteiger partial charge is 0.267 e. The van der Waals surface area contributed by atoms with Gasteiger partial charge < -0.3 is 0 Å². The highest BCUT2D eigenvalue weighted by atomic mass is 35.5. The zero-order chi connectivity index (χ0) is 21.4. The van der Waals surface area contributed by atoms with Crippen molar-refractivity contribution in [3.05, 3.63) is 102 Å². The van der Waals surface area contributed by atoms with Crippen LogP contribution in [-0.2, 0) is 0 Å². The van der Waals surface area contributed by atoms with E-state index < -0.39 is 0 Å². The van der Waals surface area contributed by atoms with Gasteiger partial charge in [-0.1, -0.05) is 71.5 Å². The Labute approximate surface area is 189 Å². The lowest BCUT2D eigenvalue weighted by atomic mass is 10.1. The van der Waals surface area contributed by atoms with E-state index in [9.17, 15) is 9.59 Å². The highest BCUT2D eigenvalue weighted by Gasteiger charge is 2.15. The molecule has 5 rings (SSSR count). The SMILES string of the molecule is O=c1c2c(-c3ccccc3)csc2ncn1/N=C\c1sc(=O)n(-c2ccccc2)c1Cl. The molecule has 0 aliphatic rings. The Kier molecular flexibility index (Phi) is 5.11. The fourth-order valence-electron chi connectivity index (χ4n) is 3.20. The van der Waals surface area contributed by atoms with Crippen LogP contribution in [0.2, 0.25) is 5.15 Å². The maximum atomic E-state index is 13.1. The number of thiazole rings is 1. The topological polar surface area (TPSA) is 69.2 Å². The zero-order valence-electron chi connectivity index (χ0n) is 15.8. The molecule has 0 spiro atoms. The number of halogens is 1. The standard InChI is InChI=1S/C22H13ClN4O2S2/c23-19-17(31-22(29)27(19)15-9-5-2-6-10-15)11-25-26-13-24-20-18(21(26)28)16(12-30-20)14-7-3-1-4-8-14/h1-13H/b25-11-. The third kappa shape index (κ3) is 3.54. The van der Waals surface area contributed by atoms with Crippen molar-refractivity contribution in [1.29, 1.82) is 0 Å². The highest BCUT2D eigenvalue weighted by molar-refractivity contribution is 7.17. The molecule has 0 N–H and O–H groups in total. The van der Waals surface area contributed by atoms with Crippen LogP contribution in [0, 0.1) is 0 Å². The van der Waals surface area contributed by atoms with Gasteiger partial charge in [-0.15, -0.1) is 11.3 Å². The van der Waals surface area contributed by atoms with Crippen LogP contribution in [0.5, 0.6) is 0 Å². The van der Waals surface area contributed by atoms with Crippen molar-refractivity contribution in [2.45, 2.75) is 0 Å². The van der Waals surface area contributed by atoms with Crippen LogP contribution in [0.1, 0.15) is 4.88 Å². The Bertz CT molecular complexity index is 1530. The van der Waals surface area contributed by atoms with E-state index in [1.165, 1.54) is 28.4 Å². The Balaban J connectivity index is 1.57. The van der Waals surface area contributed by atoms with Gasteiger partial charge in [0, 0.05) is 10.9 Å². The van der Waals surface area contributed by atoms with Crippen molar-refractivity contribution in [2.75, 3.05) is 0 Å². The number of hydrogen-bond donors (Lipinski definition) is 0. The van der Waals surface area contributed by atoms with E-state index in [0.717, 1.165) is 27.1 Å². The molecule has 0 saturated carbocycles. The molecular formula is C22H13ClN4O2S2. The van der Waals surface area contributed by atoms with Crippen molar-refractivity contribution in [3.8, 4) is 16.8 Å². The summed E-state index contributed by atoms with van der Waals surface area (Å²) in [5, 5.41) is 6.92. The second-order valence-electron chi connectivity index (χ2n) is 6.53. The second-order valence-corrected chi connectivity index (χ2v) is 8.74. The first-order valence-electron chi connectivity index (χ1n) is 9.19. The van der Waals surface area contributed by atoms with Crippen LogP contribution < -0.4 is 10.4 Å². The summed E-state index contributed by atoms with van der Waals surface area (Å²) in [7, 11) is 0. The van der Waals surface area contributed by atoms with Gasteiger partial charge in [0.2, 0.25) is 0 Å². The van der Waals surface area contributed by atoms with Crippen molar-refractivity contribution in [3.63, 3.8) is 0 Å². The molecule has 0 bridgehead atoms. The molecule has 0 aliphatic heterocycles. The molecule has 3 aromatic heterocycles. The molecule has 2 aromatic carbocycles. The lowest BCUT2D eigenvalue weighted by Crippen LogP contribution is -2.16. The predicted octanol–water partition coefficient (Wildman–Crippen LogP) is 4.87. The summed E-state index contributed by atoms with van der Waals surface area (Å²) in [6.45, 7) is 0. The Morgan fingerprint density at radius 3 is 2.45 bits per heavy atom. The minimum absolute atomic E-state index is 0.234. The van der Waals surface area contributed by atoms with Crippen molar-refractivity contribution >= 4 is 50.7 Å². The van der Waals surface area contributed by atoms with E-state index in [0.29, 0.717) is 20.8 Å². The summed E-state index contributed by atoms with van der Waals surface area (Å²) >= 11 is 8.80. The van der Waals surface area contributed by atoms with E-state index >= 15 is 0 Å². The van der Waals surface area contributed by atoms with Crippen LogP contribution in [0.4, 0.5) is 0 Å². The minimum Gasteiger partial charge on any atom is -0.267 e. The number of fused-ring (bicyclic) bond motifs is 1. The summed E-state index contributed by atoms with van der Waals surface area (Å²) in [6.07, 6.45) is 2.79. The molecule has 0 saturated heterocycles. The van der Waals surface area contributed by atoms with Gasteiger partial charge in [0.25, 0.3) is 5.56 Å². The Hall–Kier alpha value is -3.33. The van der Waals surface area contributed by atoms with Gasteiger partial charge in [-0.05, 0) is 17.7 Å². The summed E-state index contributed by atoms with van der Waals surface area (Å²) < 4.78 is 2.57.